The number of nitrogens with zero attached hydrogens (tertiary/aromatic N) is 4. The molecule has 1 aromatic heterocycles. The van der Waals surface area contributed by atoms with E-state index in [0.717, 1.165) is 36.7 Å². The second-order valence-corrected chi connectivity index (χ2v) is 13.3. The first kappa shape index (κ1) is 31.7. The van der Waals surface area contributed by atoms with Crippen molar-refractivity contribution < 1.29 is 37.3 Å². The van der Waals surface area contributed by atoms with Gasteiger partial charge in [-0.3, -0.25) is 14.2 Å². The van der Waals surface area contributed by atoms with E-state index in [1.807, 2.05) is 58.0 Å². The van der Waals surface area contributed by atoms with Gasteiger partial charge in [-0.25, -0.2) is 4.79 Å². The van der Waals surface area contributed by atoms with Gasteiger partial charge in [-0.2, -0.15) is 18.2 Å². The highest BCUT2D eigenvalue weighted by Crippen LogP contribution is 2.39. The standard InChI is InChI=1S/C30H41F3N4O5/c1-28(2,3)23-14-24(37(35(23)7)16-20-9-8-12-41-20)34-26(38)21-13-19(30(31,32)33)10-11-22(21)42-17-18-15-36(27(39)40)25(18)29(4,5)6/h10-11,13-14,18,20,25H,8-9,12,15-17H2,1-7H3,(H,39,40)/b34-24+/t18?,20-,25?/m1/s1. The Kier molecular flexibility index (Phi) is 8.61. The molecule has 1 aromatic carbocycles. The Bertz CT molecular complexity index is 1390. The summed E-state index contributed by atoms with van der Waals surface area (Å²) in [5.74, 6) is -1.09. The highest BCUT2D eigenvalue weighted by atomic mass is 19.4. The summed E-state index contributed by atoms with van der Waals surface area (Å²) in [7, 11) is 1.86. The predicted octanol–water partition coefficient (Wildman–Crippen LogP) is 5.47. The third kappa shape index (κ3) is 6.68. The molecule has 12 heteroatoms. The van der Waals surface area contributed by atoms with Crippen LogP contribution in [0.4, 0.5) is 18.0 Å². The normalized spacial score (nSPS) is 21.9. The molecule has 2 saturated heterocycles. The first-order valence-corrected chi connectivity index (χ1v) is 14.2. The van der Waals surface area contributed by atoms with Gasteiger partial charge in [-0.1, -0.05) is 41.5 Å². The van der Waals surface area contributed by atoms with E-state index in [1.54, 1.807) is 6.07 Å². The van der Waals surface area contributed by atoms with Crippen molar-refractivity contribution in [2.24, 2.45) is 23.4 Å². The van der Waals surface area contributed by atoms with Gasteiger partial charge in [0.15, 0.2) is 5.49 Å². The number of benzene rings is 1. The van der Waals surface area contributed by atoms with Crippen LogP contribution in [0.5, 0.6) is 5.75 Å². The minimum atomic E-state index is -4.67. The number of likely N-dealkylation sites (tertiary alicyclic amines) is 1. The number of rotatable bonds is 6. The number of halogens is 3. The molecule has 2 aliphatic heterocycles. The van der Waals surface area contributed by atoms with Crippen LogP contribution < -0.4 is 10.2 Å². The first-order chi connectivity index (χ1) is 19.4. The lowest BCUT2D eigenvalue weighted by Gasteiger charge is -2.52. The summed E-state index contributed by atoms with van der Waals surface area (Å²) in [6, 6.07) is 4.21. The lowest BCUT2D eigenvalue weighted by atomic mass is 9.72. The number of amides is 2. The Labute approximate surface area is 243 Å². The maximum Gasteiger partial charge on any atom is 0.416 e. The molecule has 2 aromatic rings. The van der Waals surface area contributed by atoms with Crippen LogP contribution in [0.15, 0.2) is 29.3 Å². The molecule has 0 spiro atoms. The number of alkyl halides is 3. The molecule has 9 nitrogen and oxygen atoms in total. The lowest BCUT2D eigenvalue weighted by Crippen LogP contribution is -2.64. The van der Waals surface area contributed by atoms with Gasteiger partial charge in [-0.15, -0.1) is 0 Å². The molecule has 2 amide bonds. The average Bonchev–Trinajstić information content (AvgIpc) is 3.45. The van der Waals surface area contributed by atoms with E-state index in [2.05, 4.69) is 4.99 Å². The zero-order valence-electron chi connectivity index (χ0n) is 25.3. The molecular formula is C30H41F3N4O5. The minimum Gasteiger partial charge on any atom is -0.492 e. The predicted molar refractivity (Wildman–Crippen MR) is 149 cm³/mol. The number of hydrogen-bond donors (Lipinski definition) is 1. The van der Waals surface area contributed by atoms with Crippen LogP contribution in [0.1, 0.15) is 76.0 Å². The number of carbonyl (C=O) groups excluding carboxylic acids is 1. The third-order valence-corrected chi connectivity index (χ3v) is 7.96. The van der Waals surface area contributed by atoms with Gasteiger partial charge < -0.3 is 19.5 Å². The summed E-state index contributed by atoms with van der Waals surface area (Å²) in [6.45, 7) is 13.2. The van der Waals surface area contributed by atoms with E-state index < -0.39 is 23.7 Å². The van der Waals surface area contributed by atoms with Crippen LogP contribution in [0, 0.1) is 11.3 Å². The SMILES string of the molecule is Cn1c(C(C)(C)C)c/c(=N\C(=O)c2cc(C(F)(F)F)ccc2OCC2CN(C(=O)O)C2C(C)(C)C)n1C[C@H]1CCCO1. The number of hydrogen-bond acceptors (Lipinski definition) is 4. The molecule has 0 bridgehead atoms. The van der Waals surface area contributed by atoms with Crippen molar-refractivity contribution in [1.82, 2.24) is 14.3 Å². The summed E-state index contributed by atoms with van der Waals surface area (Å²) in [5, 5.41) is 9.53. The number of carboxylic acid groups (broad SMARTS) is 1. The van der Waals surface area contributed by atoms with E-state index in [4.69, 9.17) is 9.47 Å². The van der Waals surface area contributed by atoms with Crippen LogP contribution >= 0.6 is 0 Å². The number of ether oxygens (including phenoxy) is 2. The number of aromatic nitrogens is 2. The maximum atomic E-state index is 13.7. The molecule has 0 saturated carbocycles. The Morgan fingerprint density at radius 1 is 1.12 bits per heavy atom. The van der Waals surface area contributed by atoms with Crippen molar-refractivity contribution in [2.75, 3.05) is 19.8 Å². The average molecular weight is 595 g/mol. The molecule has 0 aliphatic carbocycles. The van der Waals surface area contributed by atoms with E-state index in [1.165, 1.54) is 4.90 Å². The molecule has 4 rings (SSSR count). The largest absolute Gasteiger partial charge is 0.492 e. The Hall–Kier alpha value is -3.28. The van der Waals surface area contributed by atoms with Gasteiger partial charge in [0.2, 0.25) is 0 Å². The smallest absolute Gasteiger partial charge is 0.416 e. The molecule has 2 unspecified atom stereocenters. The molecule has 232 valence electrons. The van der Waals surface area contributed by atoms with Crippen LogP contribution in [-0.4, -0.2) is 63.3 Å². The van der Waals surface area contributed by atoms with E-state index >= 15 is 0 Å². The minimum absolute atomic E-state index is 0.0316. The zero-order valence-corrected chi connectivity index (χ0v) is 25.3. The summed E-state index contributed by atoms with van der Waals surface area (Å²) in [4.78, 5) is 30.9. The zero-order chi connectivity index (χ0) is 31.2. The van der Waals surface area contributed by atoms with Crippen LogP contribution in [0.25, 0.3) is 0 Å². The van der Waals surface area contributed by atoms with Crippen LogP contribution in [0.3, 0.4) is 0 Å². The Balaban J connectivity index is 1.71. The Morgan fingerprint density at radius 2 is 1.81 bits per heavy atom. The first-order valence-electron chi connectivity index (χ1n) is 14.2. The van der Waals surface area contributed by atoms with Crippen molar-refractivity contribution >= 4 is 12.0 Å². The van der Waals surface area contributed by atoms with Gasteiger partial charge in [0.25, 0.3) is 5.91 Å². The third-order valence-electron chi connectivity index (χ3n) is 7.96. The Morgan fingerprint density at radius 3 is 2.36 bits per heavy atom. The van der Waals surface area contributed by atoms with Gasteiger partial charge in [0.1, 0.15) is 5.75 Å². The molecule has 42 heavy (non-hydrogen) atoms. The van der Waals surface area contributed by atoms with Gasteiger partial charge >= 0.3 is 12.3 Å². The second kappa shape index (κ2) is 11.4. The lowest BCUT2D eigenvalue weighted by molar-refractivity contribution is -0.137. The molecule has 3 heterocycles. The summed E-state index contributed by atoms with van der Waals surface area (Å²) in [5.41, 5.74) is -0.754. The highest BCUT2D eigenvalue weighted by molar-refractivity contribution is 5.97. The molecule has 1 N–H and O–H groups in total. The van der Waals surface area contributed by atoms with Gasteiger partial charge in [0.05, 0.1) is 30.4 Å². The molecule has 0 radical (unpaired) electrons. The van der Waals surface area contributed by atoms with Gasteiger partial charge in [0, 0.05) is 49.3 Å². The summed E-state index contributed by atoms with van der Waals surface area (Å²) in [6.07, 6.45) is -3.98. The molecular weight excluding hydrogens is 553 g/mol. The quantitative estimate of drug-likeness (QED) is 0.479. The fourth-order valence-corrected chi connectivity index (χ4v) is 6.02. The molecule has 2 fully saturated rings. The van der Waals surface area contributed by atoms with Gasteiger partial charge in [-0.05, 0) is 36.5 Å². The van der Waals surface area contributed by atoms with Crippen molar-refractivity contribution in [3.63, 3.8) is 0 Å². The van der Waals surface area contributed by atoms with Crippen LogP contribution in [-0.2, 0) is 29.9 Å². The van der Waals surface area contributed by atoms with Crippen LogP contribution in [0.2, 0.25) is 0 Å². The van der Waals surface area contributed by atoms with E-state index in [-0.39, 0.29) is 53.4 Å². The van der Waals surface area contributed by atoms with Crippen molar-refractivity contribution in [1.29, 1.82) is 0 Å². The van der Waals surface area contributed by atoms with E-state index in [9.17, 15) is 27.9 Å². The summed E-state index contributed by atoms with van der Waals surface area (Å²) < 4.78 is 56.5. The second-order valence-electron chi connectivity index (χ2n) is 13.3. The van der Waals surface area contributed by atoms with Crippen molar-refractivity contribution in [3.05, 3.63) is 46.6 Å². The fourth-order valence-electron chi connectivity index (χ4n) is 6.02. The maximum absolute atomic E-state index is 13.7. The summed E-state index contributed by atoms with van der Waals surface area (Å²) >= 11 is 0. The monoisotopic (exact) mass is 594 g/mol. The topological polar surface area (TPSA) is 98.3 Å². The van der Waals surface area contributed by atoms with Crippen molar-refractivity contribution in [2.45, 2.75) is 84.7 Å². The fraction of sp³-hybridized carbons (Fsp3) is 0.633. The van der Waals surface area contributed by atoms with E-state index in [0.29, 0.717) is 18.6 Å². The number of carbonyl (C=O) groups is 2. The molecule has 2 aliphatic rings. The van der Waals surface area contributed by atoms with Crippen molar-refractivity contribution in [3.8, 4) is 5.75 Å². The molecule has 3 atom stereocenters. The highest BCUT2D eigenvalue weighted by Gasteiger charge is 2.48.